The Morgan fingerprint density at radius 3 is 2.12 bits per heavy atom. The molecule has 1 amide bonds. The lowest BCUT2D eigenvalue weighted by atomic mass is 9.68. The summed E-state index contributed by atoms with van der Waals surface area (Å²) in [6, 6.07) is 18.3. The maximum Gasteiger partial charge on any atom is 0.338 e. The van der Waals surface area contributed by atoms with Crippen LogP contribution in [0.15, 0.2) is 60.7 Å². The molecule has 0 saturated carbocycles. The van der Waals surface area contributed by atoms with Gasteiger partial charge in [0.05, 0.1) is 7.11 Å². The summed E-state index contributed by atoms with van der Waals surface area (Å²) in [6.07, 6.45) is 2.33. The molecule has 7 heteroatoms. The molecule has 2 N–H and O–H groups in total. The van der Waals surface area contributed by atoms with Crippen LogP contribution in [0.25, 0.3) is 0 Å². The summed E-state index contributed by atoms with van der Waals surface area (Å²) in [6.45, 7) is 12.4. The number of para-hydroxylation sites is 1. The van der Waals surface area contributed by atoms with Crippen molar-refractivity contribution in [2.45, 2.75) is 70.3 Å². The fraction of sp³-hybridized carbons (Fsp3) is 0.412. The van der Waals surface area contributed by atoms with E-state index in [2.05, 4.69) is 46.9 Å². The van der Waals surface area contributed by atoms with Gasteiger partial charge >= 0.3 is 5.97 Å². The quantitative estimate of drug-likeness (QED) is 0.234. The number of methoxy groups -OCH3 is 1. The summed E-state index contributed by atoms with van der Waals surface area (Å²) in [5.74, 6) is 0.558. The Hall–Kier alpha value is -3.45. The zero-order valence-electron chi connectivity index (χ0n) is 25.3. The minimum Gasteiger partial charge on any atom is -0.507 e. The van der Waals surface area contributed by atoms with E-state index in [0.29, 0.717) is 29.2 Å². The summed E-state index contributed by atoms with van der Waals surface area (Å²) in [5, 5.41) is 14.6. The van der Waals surface area contributed by atoms with Crippen molar-refractivity contribution in [2.75, 3.05) is 19.1 Å². The van der Waals surface area contributed by atoms with Gasteiger partial charge in [-0.2, -0.15) is 11.8 Å². The van der Waals surface area contributed by atoms with Crippen molar-refractivity contribution in [2.24, 2.45) is 0 Å². The van der Waals surface area contributed by atoms with E-state index in [4.69, 9.17) is 9.47 Å². The van der Waals surface area contributed by atoms with Crippen molar-refractivity contribution in [1.29, 1.82) is 0 Å². The van der Waals surface area contributed by atoms with Crippen LogP contribution < -0.4 is 14.8 Å². The predicted molar refractivity (Wildman–Crippen MR) is 166 cm³/mol. The number of phenolic OH excluding ortho intramolecular Hbond substituents is 1. The molecule has 1 aliphatic heterocycles. The van der Waals surface area contributed by atoms with E-state index < -0.39 is 17.4 Å². The topological polar surface area (TPSA) is 84.9 Å². The lowest BCUT2D eigenvalue weighted by molar-refractivity contribution is -0.144. The van der Waals surface area contributed by atoms with Crippen LogP contribution in [-0.4, -0.2) is 41.6 Å². The molecular formula is C34H41NO5S. The molecule has 0 aliphatic carbocycles. The first-order valence-electron chi connectivity index (χ1n) is 13.9. The minimum atomic E-state index is -1.39. The normalized spacial score (nSPS) is 18.8. The van der Waals surface area contributed by atoms with Gasteiger partial charge in [-0.15, -0.1) is 0 Å². The molecule has 2 atom stereocenters. The standard InChI is InChI=1S/C34H41NO5S/c1-32(2,3)25-19-22(20-26(29(25)36)33(4,5)6)28-24-11-9-10-12-27(24)40-31(38)34(28,17-18-41-8)35-30(37)21-13-15-23(39-7)16-14-21/h9-16,19-20,28,36H,17-18H2,1-8H3,(H,35,37)/t28-,34+/m0/s1. The highest BCUT2D eigenvalue weighted by Gasteiger charge is 2.54. The Balaban J connectivity index is 2.00. The molecule has 0 spiro atoms. The maximum atomic E-state index is 14.2. The number of ether oxygens (including phenoxy) is 2. The zero-order valence-corrected chi connectivity index (χ0v) is 26.1. The lowest BCUT2D eigenvalue weighted by Crippen LogP contribution is -2.62. The molecule has 3 aromatic carbocycles. The third-order valence-corrected chi connectivity index (χ3v) is 8.37. The van der Waals surface area contributed by atoms with Crippen LogP contribution in [0.2, 0.25) is 0 Å². The molecule has 0 bridgehead atoms. The van der Waals surface area contributed by atoms with Crippen LogP contribution in [0, 0.1) is 0 Å². The van der Waals surface area contributed by atoms with E-state index in [1.165, 1.54) is 0 Å². The van der Waals surface area contributed by atoms with Gasteiger partial charge in [0, 0.05) is 17.0 Å². The number of phenols is 1. The first-order chi connectivity index (χ1) is 19.2. The first kappa shape index (κ1) is 30.5. The fourth-order valence-corrected chi connectivity index (χ4v) is 6.06. The van der Waals surface area contributed by atoms with Gasteiger partial charge < -0.3 is 19.9 Å². The van der Waals surface area contributed by atoms with E-state index in [1.807, 2.05) is 36.6 Å². The molecule has 0 saturated heterocycles. The van der Waals surface area contributed by atoms with Crippen LogP contribution >= 0.6 is 11.8 Å². The number of carbonyl (C=O) groups excluding carboxylic acids is 2. The van der Waals surface area contributed by atoms with Crippen LogP contribution in [-0.2, 0) is 15.6 Å². The molecular weight excluding hydrogens is 534 g/mol. The maximum absolute atomic E-state index is 14.2. The monoisotopic (exact) mass is 575 g/mol. The number of amides is 1. The third kappa shape index (κ3) is 5.96. The van der Waals surface area contributed by atoms with Gasteiger partial charge in [-0.05, 0) is 76.3 Å². The number of thioether (sulfide) groups is 1. The molecule has 1 heterocycles. The largest absolute Gasteiger partial charge is 0.507 e. The number of hydrogen-bond donors (Lipinski definition) is 2. The van der Waals surface area contributed by atoms with E-state index in [1.54, 1.807) is 49.2 Å². The van der Waals surface area contributed by atoms with Crippen molar-refractivity contribution in [3.05, 3.63) is 88.5 Å². The zero-order chi connectivity index (χ0) is 30.2. The Labute approximate surface area is 247 Å². The molecule has 3 aromatic rings. The Kier molecular flexibility index (Phi) is 8.51. The van der Waals surface area contributed by atoms with Crippen LogP contribution in [0.4, 0.5) is 0 Å². The van der Waals surface area contributed by atoms with E-state index in [0.717, 1.165) is 22.3 Å². The number of nitrogens with one attached hydrogen (secondary N) is 1. The van der Waals surface area contributed by atoms with Crippen molar-refractivity contribution < 1.29 is 24.2 Å². The molecule has 41 heavy (non-hydrogen) atoms. The summed E-state index contributed by atoms with van der Waals surface area (Å²) in [7, 11) is 1.57. The van der Waals surface area contributed by atoms with Crippen LogP contribution in [0.3, 0.4) is 0 Å². The van der Waals surface area contributed by atoms with Crippen molar-refractivity contribution in [1.82, 2.24) is 5.32 Å². The molecule has 4 rings (SSSR count). The average Bonchev–Trinajstić information content (AvgIpc) is 2.91. The van der Waals surface area contributed by atoms with Gasteiger partial charge in [-0.25, -0.2) is 4.79 Å². The molecule has 0 aromatic heterocycles. The average molecular weight is 576 g/mol. The number of aromatic hydroxyl groups is 1. The number of hydrogen-bond acceptors (Lipinski definition) is 6. The van der Waals surface area contributed by atoms with Crippen LogP contribution in [0.5, 0.6) is 17.2 Å². The second kappa shape index (κ2) is 11.4. The second-order valence-electron chi connectivity index (χ2n) is 12.7. The third-order valence-electron chi connectivity index (χ3n) is 7.76. The smallest absolute Gasteiger partial charge is 0.338 e. The molecule has 6 nitrogen and oxygen atoms in total. The van der Waals surface area contributed by atoms with Crippen LogP contribution in [0.1, 0.15) is 86.5 Å². The highest BCUT2D eigenvalue weighted by atomic mass is 32.2. The number of rotatable bonds is 7. The molecule has 0 unspecified atom stereocenters. The Morgan fingerprint density at radius 1 is 1.00 bits per heavy atom. The summed E-state index contributed by atoms with van der Waals surface area (Å²) in [4.78, 5) is 28.0. The molecule has 0 fully saturated rings. The lowest BCUT2D eigenvalue weighted by Gasteiger charge is -2.44. The molecule has 0 radical (unpaired) electrons. The van der Waals surface area contributed by atoms with E-state index in [-0.39, 0.29) is 22.5 Å². The second-order valence-corrected chi connectivity index (χ2v) is 13.7. The van der Waals surface area contributed by atoms with Gasteiger partial charge in [0.25, 0.3) is 5.91 Å². The number of benzene rings is 3. The van der Waals surface area contributed by atoms with Crippen molar-refractivity contribution >= 4 is 23.6 Å². The number of fused-ring (bicyclic) bond motifs is 1. The minimum absolute atomic E-state index is 0.261. The summed E-state index contributed by atoms with van der Waals surface area (Å²) in [5.41, 5.74) is 1.51. The van der Waals surface area contributed by atoms with Gasteiger partial charge in [0.15, 0.2) is 5.54 Å². The molecule has 218 valence electrons. The number of carbonyl (C=O) groups is 2. The van der Waals surface area contributed by atoms with Gasteiger partial charge in [0.1, 0.15) is 17.2 Å². The van der Waals surface area contributed by atoms with Gasteiger partial charge in [-0.3, -0.25) is 4.79 Å². The molecule has 1 aliphatic rings. The highest BCUT2D eigenvalue weighted by molar-refractivity contribution is 7.98. The van der Waals surface area contributed by atoms with Crippen molar-refractivity contribution in [3.63, 3.8) is 0 Å². The fourth-order valence-electron chi connectivity index (χ4n) is 5.53. The SMILES string of the molecule is COc1ccc(C(=O)N[C@@]2(CCSC)C(=O)Oc3ccccc3[C@@H]2c2cc(C(C)(C)C)c(O)c(C(C)(C)C)c2)cc1. The Morgan fingerprint density at radius 2 is 1.59 bits per heavy atom. The van der Waals surface area contributed by atoms with Gasteiger partial charge in [-0.1, -0.05) is 71.9 Å². The highest BCUT2D eigenvalue weighted by Crippen LogP contribution is 2.49. The summed E-state index contributed by atoms with van der Waals surface area (Å²) >= 11 is 1.60. The van der Waals surface area contributed by atoms with E-state index >= 15 is 0 Å². The predicted octanol–water partition coefficient (Wildman–Crippen LogP) is 6.97. The van der Waals surface area contributed by atoms with E-state index in [9.17, 15) is 14.7 Å². The summed E-state index contributed by atoms with van der Waals surface area (Å²) < 4.78 is 11.2. The Bertz CT molecular complexity index is 1400. The number of esters is 1. The van der Waals surface area contributed by atoms with Crippen molar-refractivity contribution in [3.8, 4) is 17.2 Å². The first-order valence-corrected chi connectivity index (χ1v) is 15.3. The van der Waals surface area contributed by atoms with Gasteiger partial charge in [0.2, 0.25) is 0 Å².